The van der Waals surface area contributed by atoms with Gasteiger partial charge in [-0.3, -0.25) is 9.59 Å². The lowest BCUT2D eigenvalue weighted by molar-refractivity contribution is -0.114. The number of aromatic nitrogens is 2. The molecule has 1 aromatic carbocycles. The van der Waals surface area contributed by atoms with Gasteiger partial charge in [0.15, 0.2) is 0 Å². The van der Waals surface area contributed by atoms with Crippen molar-refractivity contribution >= 4 is 29.0 Å². The fraction of sp³-hybridized carbons (Fsp3) is 0.294. The molecule has 8 nitrogen and oxygen atoms in total. The second kappa shape index (κ2) is 8.74. The zero-order valence-corrected chi connectivity index (χ0v) is 14.5. The van der Waals surface area contributed by atoms with Crippen molar-refractivity contribution in [1.82, 2.24) is 20.2 Å². The standard InChI is InChI=1S/C17H22N6O2/c1-12(24)21-13-4-6-14(7-5-13)22-16-11-19-15(10-20-16)17(25)18-8-9-23(2)3/h4-7,10-11H,8-9H2,1-3H3,(H,18,25)(H,20,22)(H,21,24). The fourth-order valence-corrected chi connectivity index (χ4v) is 1.98. The van der Waals surface area contributed by atoms with Gasteiger partial charge in [-0.1, -0.05) is 0 Å². The zero-order valence-electron chi connectivity index (χ0n) is 14.5. The molecule has 8 heteroatoms. The van der Waals surface area contributed by atoms with Crippen LogP contribution in [0.15, 0.2) is 36.7 Å². The number of hydrogen-bond donors (Lipinski definition) is 3. The minimum atomic E-state index is -0.249. The Kier molecular flexibility index (Phi) is 6.41. The molecule has 0 radical (unpaired) electrons. The zero-order chi connectivity index (χ0) is 18.2. The van der Waals surface area contributed by atoms with Crippen molar-refractivity contribution in [2.75, 3.05) is 37.8 Å². The second-order valence-corrected chi connectivity index (χ2v) is 5.73. The molecule has 0 aliphatic heterocycles. The molecule has 0 saturated heterocycles. The molecule has 0 atom stereocenters. The van der Waals surface area contributed by atoms with Crippen molar-refractivity contribution in [3.63, 3.8) is 0 Å². The van der Waals surface area contributed by atoms with Gasteiger partial charge in [0, 0.05) is 31.4 Å². The molecule has 0 bridgehead atoms. The molecule has 0 aliphatic rings. The SMILES string of the molecule is CC(=O)Nc1ccc(Nc2cnc(C(=O)NCCN(C)C)cn2)cc1. The molecule has 0 aliphatic carbocycles. The summed E-state index contributed by atoms with van der Waals surface area (Å²) >= 11 is 0. The van der Waals surface area contributed by atoms with Crippen LogP contribution in [0, 0.1) is 0 Å². The maximum absolute atomic E-state index is 11.9. The lowest BCUT2D eigenvalue weighted by Gasteiger charge is -2.10. The van der Waals surface area contributed by atoms with Crippen LogP contribution in [-0.4, -0.2) is 53.9 Å². The highest BCUT2D eigenvalue weighted by molar-refractivity contribution is 5.92. The van der Waals surface area contributed by atoms with Crippen LogP contribution in [0.2, 0.25) is 0 Å². The third-order valence-corrected chi connectivity index (χ3v) is 3.21. The van der Waals surface area contributed by atoms with Gasteiger partial charge in [0.2, 0.25) is 5.91 Å². The first-order valence-corrected chi connectivity index (χ1v) is 7.83. The van der Waals surface area contributed by atoms with E-state index < -0.39 is 0 Å². The van der Waals surface area contributed by atoms with Crippen LogP contribution >= 0.6 is 0 Å². The van der Waals surface area contributed by atoms with Crippen LogP contribution in [0.1, 0.15) is 17.4 Å². The van der Waals surface area contributed by atoms with Gasteiger partial charge in [-0.05, 0) is 38.4 Å². The number of anilines is 3. The molecule has 2 amide bonds. The van der Waals surface area contributed by atoms with Gasteiger partial charge in [-0.2, -0.15) is 0 Å². The summed E-state index contributed by atoms with van der Waals surface area (Å²) < 4.78 is 0. The first-order valence-electron chi connectivity index (χ1n) is 7.83. The van der Waals surface area contributed by atoms with E-state index in [-0.39, 0.29) is 17.5 Å². The topological polar surface area (TPSA) is 99.2 Å². The summed E-state index contributed by atoms with van der Waals surface area (Å²) in [5, 5.41) is 8.56. The Labute approximate surface area is 146 Å². The number of likely N-dealkylation sites (N-methyl/N-ethyl adjacent to an activating group) is 1. The smallest absolute Gasteiger partial charge is 0.271 e. The number of benzene rings is 1. The Balaban J connectivity index is 1.91. The van der Waals surface area contributed by atoms with Crippen LogP contribution in [0.25, 0.3) is 0 Å². The molecule has 2 rings (SSSR count). The number of amides is 2. The predicted molar refractivity (Wildman–Crippen MR) is 96.9 cm³/mol. The van der Waals surface area contributed by atoms with Crippen LogP contribution in [0.5, 0.6) is 0 Å². The molecule has 0 spiro atoms. The Bertz CT molecular complexity index is 713. The van der Waals surface area contributed by atoms with Gasteiger partial charge in [0.25, 0.3) is 5.91 Å². The van der Waals surface area contributed by atoms with Crippen LogP contribution in [0.4, 0.5) is 17.2 Å². The molecule has 1 aromatic heterocycles. The average Bonchev–Trinajstić information content (AvgIpc) is 2.56. The van der Waals surface area contributed by atoms with Crippen molar-refractivity contribution in [3.8, 4) is 0 Å². The largest absolute Gasteiger partial charge is 0.349 e. The minimum absolute atomic E-state index is 0.119. The quantitative estimate of drug-likeness (QED) is 0.705. The molecule has 3 N–H and O–H groups in total. The number of nitrogens with zero attached hydrogens (tertiary/aromatic N) is 3. The molecule has 25 heavy (non-hydrogen) atoms. The van der Waals surface area contributed by atoms with E-state index in [4.69, 9.17) is 0 Å². The highest BCUT2D eigenvalue weighted by atomic mass is 16.2. The number of carbonyl (C=O) groups is 2. The first-order chi connectivity index (χ1) is 11.9. The molecule has 132 valence electrons. The molecule has 0 fully saturated rings. The van der Waals surface area contributed by atoms with Gasteiger partial charge in [-0.25, -0.2) is 9.97 Å². The van der Waals surface area contributed by atoms with Crippen molar-refractivity contribution in [3.05, 3.63) is 42.4 Å². The highest BCUT2D eigenvalue weighted by Gasteiger charge is 2.07. The average molecular weight is 342 g/mol. The van der Waals surface area contributed by atoms with Crippen LogP contribution in [-0.2, 0) is 4.79 Å². The summed E-state index contributed by atoms with van der Waals surface area (Å²) in [6.07, 6.45) is 2.93. The summed E-state index contributed by atoms with van der Waals surface area (Å²) in [6, 6.07) is 7.19. The van der Waals surface area contributed by atoms with Crippen molar-refractivity contribution in [2.45, 2.75) is 6.92 Å². The van der Waals surface area contributed by atoms with E-state index in [0.29, 0.717) is 18.1 Å². The highest BCUT2D eigenvalue weighted by Crippen LogP contribution is 2.17. The Hall–Kier alpha value is -3.00. The number of rotatable bonds is 7. The third kappa shape index (κ3) is 6.19. The van der Waals surface area contributed by atoms with Crippen molar-refractivity contribution in [2.24, 2.45) is 0 Å². The maximum atomic E-state index is 11.9. The van der Waals surface area contributed by atoms with Crippen LogP contribution in [0.3, 0.4) is 0 Å². The van der Waals surface area contributed by atoms with Crippen molar-refractivity contribution in [1.29, 1.82) is 0 Å². The number of nitrogens with one attached hydrogen (secondary N) is 3. The monoisotopic (exact) mass is 342 g/mol. The van der Waals surface area contributed by atoms with E-state index in [2.05, 4.69) is 25.9 Å². The number of carbonyl (C=O) groups excluding carboxylic acids is 2. The van der Waals surface area contributed by atoms with E-state index >= 15 is 0 Å². The van der Waals surface area contributed by atoms with Gasteiger partial charge in [0.05, 0.1) is 12.4 Å². The Morgan fingerprint density at radius 3 is 2.28 bits per heavy atom. The first kappa shape index (κ1) is 18.3. The predicted octanol–water partition coefficient (Wildman–Crippen LogP) is 1.47. The van der Waals surface area contributed by atoms with Gasteiger partial charge in [0.1, 0.15) is 11.5 Å². The van der Waals surface area contributed by atoms with Crippen molar-refractivity contribution < 1.29 is 9.59 Å². The molecule has 0 saturated carbocycles. The minimum Gasteiger partial charge on any atom is -0.349 e. The van der Waals surface area contributed by atoms with E-state index in [1.165, 1.54) is 19.3 Å². The summed E-state index contributed by atoms with van der Waals surface area (Å²) in [5.41, 5.74) is 1.78. The van der Waals surface area contributed by atoms with Crippen LogP contribution < -0.4 is 16.0 Å². The second-order valence-electron chi connectivity index (χ2n) is 5.73. The summed E-state index contributed by atoms with van der Waals surface area (Å²) in [6.45, 7) is 2.77. The van der Waals surface area contributed by atoms with E-state index in [1.807, 2.05) is 31.1 Å². The molecule has 1 heterocycles. The summed E-state index contributed by atoms with van der Waals surface area (Å²) in [4.78, 5) is 33.2. The normalized spacial score (nSPS) is 10.4. The fourth-order valence-electron chi connectivity index (χ4n) is 1.98. The van der Waals surface area contributed by atoms with Gasteiger partial charge < -0.3 is 20.9 Å². The summed E-state index contributed by atoms with van der Waals surface area (Å²) in [7, 11) is 3.88. The molecular formula is C17H22N6O2. The lowest BCUT2D eigenvalue weighted by atomic mass is 10.2. The Morgan fingerprint density at radius 1 is 1.04 bits per heavy atom. The molecular weight excluding hydrogens is 320 g/mol. The molecule has 2 aromatic rings. The van der Waals surface area contributed by atoms with Gasteiger partial charge >= 0.3 is 0 Å². The van der Waals surface area contributed by atoms with E-state index in [0.717, 1.165) is 12.2 Å². The maximum Gasteiger partial charge on any atom is 0.271 e. The Morgan fingerprint density at radius 2 is 1.72 bits per heavy atom. The van der Waals surface area contributed by atoms with E-state index in [1.54, 1.807) is 12.1 Å². The lowest BCUT2D eigenvalue weighted by Crippen LogP contribution is -2.31. The molecule has 0 unspecified atom stereocenters. The third-order valence-electron chi connectivity index (χ3n) is 3.21. The number of hydrogen-bond acceptors (Lipinski definition) is 6. The van der Waals surface area contributed by atoms with Gasteiger partial charge in [-0.15, -0.1) is 0 Å². The van der Waals surface area contributed by atoms with E-state index in [9.17, 15) is 9.59 Å². The summed E-state index contributed by atoms with van der Waals surface area (Å²) in [5.74, 6) is 0.156.